The second-order valence-electron chi connectivity index (χ2n) is 12.9. The molecule has 0 radical (unpaired) electrons. The van der Waals surface area contributed by atoms with Crippen molar-refractivity contribution in [3.05, 3.63) is 168 Å². The van der Waals surface area contributed by atoms with Crippen molar-refractivity contribution in [2.75, 3.05) is 35.6 Å². The van der Waals surface area contributed by atoms with Gasteiger partial charge in [0.1, 0.15) is 0 Å². The van der Waals surface area contributed by atoms with E-state index in [4.69, 9.17) is 0 Å². The number of thioether (sulfide) groups is 1. The Balaban J connectivity index is 1.01. The molecule has 5 aromatic carbocycles. The van der Waals surface area contributed by atoms with E-state index in [1.165, 1.54) is 22.3 Å². The molecule has 0 spiro atoms. The number of hydrogen-bond donors (Lipinski definition) is 1. The number of para-hydroxylation sites is 1. The number of piperidine rings is 1. The van der Waals surface area contributed by atoms with E-state index in [1.807, 2.05) is 66.1 Å². The van der Waals surface area contributed by atoms with Crippen molar-refractivity contribution in [2.45, 2.75) is 49.8 Å². The Labute approximate surface area is 301 Å². The molecule has 2 amide bonds. The molecular formula is C44H47N3O2S. The Morgan fingerprint density at radius 2 is 1.22 bits per heavy atom. The molecule has 1 heterocycles. The van der Waals surface area contributed by atoms with E-state index >= 15 is 0 Å². The highest BCUT2D eigenvalue weighted by Crippen LogP contribution is 2.48. The summed E-state index contributed by atoms with van der Waals surface area (Å²) in [6, 6.07) is 50.4. The molecule has 5 aromatic rings. The predicted octanol–water partition coefficient (Wildman–Crippen LogP) is 9.19. The van der Waals surface area contributed by atoms with Crippen molar-refractivity contribution >= 4 is 35.0 Å². The Kier molecular flexibility index (Phi) is 12.2. The normalized spacial score (nSPS) is 13.9. The van der Waals surface area contributed by atoms with Crippen LogP contribution >= 0.6 is 11.8 Å². The molecule has 0 aromatic heterocycles. The fourth-order valence-electron chi connectivity index (χ4n) is 7.05. The van der Waals surface area contributed by atoms with Gasteiger partial charge in [-0.25, -0.2) is 0 Å². The van der Waals surface area contributed by atoms with E-state index in [9.17, 15) is 9.59 Å². The first kappa shape index (κ1) is 35.2. The Morgan fingerprint density at radius 1 is 0.720 bits per heavy atom. The minimum absolute atomic E-state index is 0.0160. The quantitative estimate of drug-likeness (QED) is 0.119. The van der Waals surface area contributed by atoms with E-state index in [0.717, 1.165) is 50.3 Å². The highest BCUT2D eigenvalue weighted by atomic mass is 32.2. The highest BCUT2D eigenvalue weighted by Gasteiger charge is 2.37. The van der Waals surface area contributed by atoms with Gasteiger partial charge in [0.25, 0.3) is 0 Å². The van der Waals surface area contributed by atoms with Gasteiger partial charge in [-0.05, 0) is 65.8 Å². The summed E-state index contributed by atoms with van der Waals surface area (Å²) >= 11 is 1.81. The first-order valence-electron chi connectivity index (χ1n) is 17.9. The van der Waals surface area contributed by atoms with Gasteiger partial charge < -0.3 is 15.1 Å². The van der Waals surface area contributed by atoms with Crippen LogP contribution in [0.4, 0.5) is 11.4 Å². The molecule has 1 saturated heterocycles. The van der Waals surface area contributed by atoms with Gasteiger partial charge in [-0.1, -0.05) is 128 Å². The molecule has 0 unspecified atom stereocenters. The fraction of sp³-hybridized carbons (Fsp3) is 0.273. The molecule has 5 nitrogen and oxygen atoms in total. The number of carbonyl (C=O) groups excluding carboxylic acids is 2. The van der Waals surface area contributed by atoms with E-state index in [1.54, 1.807) is 0 Å². The number of likely N-dealkylation sites (tertiary alicyclic amines) is 1. The van der Waals surface area contributed by atoms with Crippen molar-refractivity contribution in [3.8, 4) is 0 Å². The van der Waals surface area contributed by atoms with Crippen LogP contribution in [-0.4, -0.2) is 48.1 Å². The van der Waals surface area contributed by atoms with Crippen molar-refractivity contribution in [2.24, 2.45) is 0 Å². The zero-order valence-electron chi connectivity index (χ0n) is 28.9. The molecule has 256 valence electrons. The monoisotopic (exact) mass is 681 g/mol. The smallest absolute Gasteiger partial charge is 0.226 e. The summed E-state index contributed by atoms with van der Waals surface area (Å²) in [5.74, 6) is 0.872. The molecule has 6 heteroatoms. The Bertz CT molecular complexity index is 1680. The number of nitrogens with zero attached hydrogens (tertiary/aromatic N) is 2. The summed E-state index contributed by atoms with van der Waals surface area (Å²) in [5, 5.41) is 3.13. The summed E-state index contributed by atoms with van der Waals surface area (Å²) in [7, 11) is 0. The van der Waals surface area contributed by atoms with Crippen LogP contribution in [0.2, 0.25) is 0 Å². The molecule has 50 heavy (non-hydrogen) atoms. The predicted molar refractivity (Wildman–Crippen MR) is 209 cm³/mol. The number of nitrogens with one attached hydrogen (secondary N) is 1. The second-order valence-corrected chi connectivity index (χ2v) is 14.2. The summed E-state index contributed by atoms with van der Waals surface area (Å²) in [6.45, 7) is 4.89. The van der Waals surface area contributed by atoms with Crippen molar-refractivity contribution in [1.82, 2.24) is 4.90 Å². The average Bonchev–Trinajstić information content (AvgIpc) is 3.18. The fourth-order valence-corrected chi connectivity index (χ4v) is 8.55. The van der Waals surface area contributed by atoms with Crippen LogP contribution in [0.15, 0.2) is 146 Å². The SMILES string of the molecule is CCC(=O)N(c1ccccc1)C1CCN(CCc2ccc(NC(=O)CCSC(c3ccccc3)(c3ccccc3)c3ccccc3)cc2)CC1. The molecule has 0 aliphatic carbocycles. The van der Waals surface area contributed by atoms with Gasteiger partial charge in [-0.2, -0.15) is 0 Å². The maximum Gasteiger partial charge on any atom is 0.226 e. The third-order valence-electron chi connectivity index (χ3n) is 9.67. The van der Waals surface area contributed by atoms with Gasteiger partial charge in [0.2, 0.25) is 11.8 Å². The first-order valence-corrected chi connectivity index (χ1v) is 18.8. The van der Waals surface area contributed by atoms with Crippen LogP contribution in [0.1, 0.15) is 54.9 Å². The summed E-state index contributed by atoms with van der Waals surface area (Å²) in [6.07, 6.45) is 3.83. The van der Waals surface area contributed by atoms with Gasteiger partial charge in [-0.3, -0.25) is 9.59 Å². The zero-order chi connectivity index (χ0) is 34.6. The number of rotatable bonds is 14. The summed E-state index contributed by atoms with van der Waals surface area (Å²) < 4.78 is -0.435. The minimum Gasteiger partial charge on any atom is -0.326 e. The largest absolute Gasteiger partial charge is 0.326 e. The molecule has 0 saturated carbocycles. The van der Waals surface area contributed by atoms with E-state index < -0.39 is 4.75 Å². The molecule has 1 N–H and O–H groups in total. The van der Waals surface area contributed by atoms with Crippen molar-refractivity contribution in [3.63, 3.8) is 0 Å². The zero-order valence-corrected chi connectivity index (χ0v) is 29.7. The van der Waals surface area contributed by atoms with Crippen LogP contribution < -0.4 is 10.2 Å². The van der Waals surface area contributed by atoms with Gasteiger partial charge in [-0.15, -0.1) is 11.8 Å². The lowest BCUT2D eigenvalue weighted by atomic mass is 9.84. The molecule has 1 aliphatic heterocycles. The third kappa shape index (κ3) is 8.55. The van der Waals surface area contributed by atoms with Crippen LogP contribution in [0.3, 0.4) is 0 Å². The molecule has 0 atom stereocenters. The summed E-state index contributed by atoms with van der Waals surface area (Å²) in [5.41, 5.74) is 6.68. The summed E-state index contributed by atoms with van der Waals surface area (Å²) in [4.78, 5) is 30.6. The number of anilines is 2. The molecule has 0 bridgehead atoms. The maximum atomic E-state index is 13.2. The van der Waals surface area contributed by atoms with Gasteiger partial charge in [0.05, 0.1) is 4.75 Å². The van der Waals surface area contributed by atoms with E-state index in [2.05, 4.69) is 113 Å². The van der Waals surface area contributed by atoms with E-state index in [0.29, 0.717) is 18.6 Å². The minimum atomic E-state index is -0.435. The Hall–Kier alpha value is -4.65. The molecule has 1 fully saturated rings. The topological polar surface area (TPSA) is 52.7 Å². The molecular weight excluding hydrogens is 635 g/mol. The van der Waals surface area contributed by atoms with Crippen LogP contribution in [-0.2, 0) is 20.8 Å². The van der Waals surface area contributed by atoms with Gasteiger partial charge >= 0.3 is 0 Å². The maximum absolute atomic E-state index is 13.2. The lowest BCUT2D eigenvalue weighted by Crippen LogP contribution is -2.47. The van der Waals surface area contributed by atoms with Gasteiger partial charge in [0, 0.05) is 55.6 Å². The standard InChI is InChI=1S/C44H47N3O2S/c1-2-43(49)47(40-21-13-6-14-22-40)41-28-32-46(33-29-41)31-27-35-23-25-39(26-24-35)45-42(48)30-34-50-44(36-15-7-3-8-16-36,37-17-9-4-10-18-37)38-19-11-5-12-20-38/h3-26,41H,2,27-34H2,1H3,(H,45,48). The highest BCUT2D eigenvalue weighted by molar-refractivity contribution is 8.00. The van der Waals surface area contributed by atoms with Crippen LogP contribution in [0.25, 0.3) is 0 Å². The number of benzene rings is 5. The second kappa shape index (κ2) is 17.3. The lowest BCUT2D eigenvalue weighted by Gasteiger charge is -2.38. The van der Waals surface area contributed by atoms with Crippen molar-refractivity contribution < 1.29 is 9.59 Å². The van der Waals surface area contributed by atoms with Crippen LogP contribution in [0, 0.1) is 0 Å². The van der Waals surface area contributed by atoms with Crippen molar-refractivity contribution in [1.29, 1.82) is 0 Å². The van der Waals surface area contributed by atoms with E-state index in [-0.39, 0.29) is 17.9 Å². The average molecular weight is 682 g/mol. The molecule has 6 rings (SSSR count). The molecule has 1 aliphatic rings. The number of hydrogen-bond acceptors (Lipinski definition) is 4. The number of carbonyl (C=O) groups is 2. The third-order valence-corrected chi connectivity index (χ3v) is 11.2. The lowest BCUT2D eigenvalue weighted by molar-refractivity contribution is -0.119. The van der Waals surface area contributed by atoms with Gasteiger partial charge in [0.15, 0.2) is 0 Å². The van der Waals surface area contributed by atoms with Crippen LogP contribution in [0.5, 0.6) is 0 Å². The Morgan fingerprint density at radius 3 is 1.72 bits per heavy atom. The number of amides is 2. The first-order chi connectivity index (χ1) is 24.6.